The SMILES string of the molecule is CCc1c(CBr)cnn1-c1ncc(C(F)(F)F)cc1Cl. The molecule has 0 aliphatic rings. The van der Waals surface area contributed by atoms with Gasteiger partial charge in [-0.05, 0) is 12.5 Å². The minimum Gasteiger partial charge on any atom is -0.235 e. The lowest BCUT2D eigenvalue weighted by molar-refractivity contribution is -0.137. The highest BCUT2D eigenvalue weighted by molar-refractivity contribution is 9.08. The summed E-state index contributed by atoms with van der Waals surface area (Å²) in [7, 11) is 0. The van der Waals surface area contributed by atoms with Crippen LogP contribution in [0, 0.1) is 0 Å². The van der Waals surface area contributed by atoms with Gasteiger partial charge in [-0.25, -0.2) is 9.67 Å². The molecule has 0 bridgehead atoms. The van der Waals surface area contributed by atoms with E-state index in [9.17, 15) is 13.2 Å². The number of halogens is 5. The van der Waals surface area contributed by atoms with Gasteiger partial charge in [-0.1, -0.05) is 34.5 Å². The van der Waals surface area contributed by atoms with E-state index >= 15 is 0 Å². The van der Waals surface area contributed by atoms with E-state index in [-0.39, 0.29) is 10.8 Å². The van der Waals surface area contributed by atoms with Crippen molar-refractivity contribution in [2.45, 2.75) is 24.9 Å². The summed E-state index contributed by atoms with van der Waals surface area (Å²) in [4.78, 5) is 3.80. The molecule has 2 rings (SSSR count). The maximum Gasteiger partial charge on any atom is 0.417 e. The van der Waals surface area contributed by atoms with Crippen LogP contribution < -0.4 is 0 Å². The quantitative estimate of drug-likeness (QED) is 0.752. The number of hydrogen-bond donors (Lipinski definition) is 0. The van der Waals surface area contributed by atoms with Crippen molar-refractivity contribution in [1.29, 1.82) is 0 Å². The molecule has 20 heavy (non-hydrogen) atoms. The molecule has 0 saturated carbocycles. The third-order valence-electron chi connectivity index (χ3n) is 2.78. The molecule has 0 aliphatic heterocycles. The Labute approximate surface area is 126 Å². The summed E-state index contributed by atoms with van der Waals surface area (Å²) in [6, 6.07) is 0.860. The summed E-state index contributed by atoms with van der Waals surface area (Å²) in [5.74, 6) is 0.198. The van der Waals surface area contributed by atoms with Gasteiger partial charge in [0.1, 0.15) is 0 Å². The molecular formula is C12H10BrClF3N3. The molecule has 0 atom stereocenters. The Bertz CT molecular complexity index is 625. The maximum atomic E-state index is 12.6. The topological polar surface area (TPSA) is 30.7 Å². The van der Waals surface area contributed by atoms with Crippen molar-refractivity contribution in [3.8, 4) is 5.82 Å². The monoisotopic (exact) mass is 367 g/mol. The van der Waals surface area contributed by atoms with Crippen LogP contribution >= 0.6 is 27.5 Å². The van der Waals surface area contributed by atoms with Crippen LogP contribution in [-0.4, -0.2) is 14.8 Å². The highest BCUT2D eigenvalue weighted by Gasteiger charge is 2.32. The summed E-state index contributed by atoms with van der Waals surface area (Å²) in [6.45, 7) is 1.93. The van der Waals surface area contributed by atoms with Crippen molar-refractivity contribution in [2.24, 2.45) is 0 Å². The second-order valence-corrected chi connectivity index (χ2v) is 5.01. The molecule has 108 valence electrons. The van der Waals surface area contributed by atoms with Gasteiger partial charge in [0.25, 0.3) is 0 Å². The average molecular weight is 369 g/mol. The number of aromatic nitrogens is 3. The van der Waals surface area contributed by atoms with Gasteiger partial charge in [0, 0.05) is 22.8 Å². The normalized spacial score (nSPS) is 11.9. The van der Waals surface area contributed by atoms with Gasteiger partial charge in [0.2, 0.25) is 0 Å². The highest BCUT2D eigenvalue weighted by Crippen LogP contribution is 2.32. The van der Waals surface area contributed by atoms with Gasteiger partial charge in [-0.3, -0.25) is 0 Å². The molecule has 0 radical (unpaired) electrons. The van der Waals surface area contributed by atoms with Crippen molar-refractivity contribution in [3.05, 3.63) is 40.3 Å². The molecule has 0 fully saturated rings. The average Bonchev–Trinajstić information content (AvgIpc) is 2.80. The Balaban J connectivity index is 2.52. The smallest absolute Gasteiger partial charge is 0.235 e. The van der Waals surface area contributed by atoms with Crippen molar-refractivity contribution >= 4 is 27.5 Å². The van der Waals surface area contributed by atoms with Crippen molar-refractivity contribution < 1.29 is 13.2 Å². The first-order valence-electron chi connectivity index (χ1n) is 5.73. The van der Waals surface area contributed by atoms with E-state index in [2.05, 4.69) is 26.0 Å². The van der Waals surface area contributed by atoms with E-state index in [0.717, 1.165) is 23.5 Å². The Hall–Kier alpha value is -1.08. The van der Waals surface area contributed by atoms with Crippen LogP contribution in [0.4, 0.5) is 13.2 Å². The fourth-order valence-electron chi connectivity index (χ4n) is 1.82. The third-order valence-corrected chi connectivity index (χ3v) is 3.67. The molecule has 0 unspecified atom stereocenters. The first-order chi connectivity index (χ1) is 9.38. The molecular weight excluding hydrogens is 359 g/mol. The summed E-state index contributed by atoms with van der Waals surface area (Å²) >= 11 is 9.25. The Morgan fingerprint density at radius 2 is 2.05 bits per heavy atom. The third kappa shape index (κ3) is 2.83. The summed E-state index contributed by atoms with van der Waals surface area (Å²) in [5.41, 5.74) is 0.929. The van der Waals surface area contributed by atoms with Gasteiger partial charge < -0.3 is 0 Å². The fraction of sp³-hybridized carbons (Fsp3) is 0.333. The zero-order valence-electron chi connectivity index (χ0n) is 10.4. The molecule has 3 nitrogen and oxygen atoms in total. The van der Waals surface area contributed by atoms with Crippen molar-refractivity contribution in [2.75, 3.05) is 0 Å². The lowest BCUT2D eigenvalue weighted by Crippen LogP contribution is -2.10. The predicted molar refractivity (Wildman–Crippen MR) is 73.4 cm³/mol. The van der Waals surface area contributed by atoms with Crippen LogP contribution in [0.3, 0.4) is 0 Å². The minimum atomic E-state index is -4.46. The largest absolute Gasteiger partial charge is 0.417 e. The minimum absolute atomic E-state index is 0.0845. The molecule has 0 aliphatic carbocycles. The van der Waals surface area contributed by atoms with Gasteiger partial charge >= 0.3 is 6.18 Å². The Morgan fingerprint density at radius 3 is 2.55 bits per heavy atom. The lowest BCUT2D eigenvalue weighted by Gasteiger charge is -2.11. The second-order valence-electron chi connectivity index (χ2n) is 4.04. The summed E-state index contributed by atoms with van der Waals surface area (Å²) < 4.78 is 39.2. The molecule has 0 amide bonds. The van der Waals surface area contributed by atoms with Crippen molar-refractivity contribution in [3.63, 3.8) is 0 Å². The van der Waals surface area contributed by atoms with Crippen molar-refractivity contribution in [1.82, 2.24) is 14.8 Å². The van der Waals surface area contributed by atoms with Crippen LogP contribution in [0.1, 0.15) is 23.7 Å². The lowest BCUT2D eigenvalue weighted by atomic mass is 10.2. The number of rotatable bonds is 3. The fourth-order valence-corrected chi connectivity index (χ4v) is 2.54. The van der Waals surface area contributed by atoms with Crippen LogP contribution in [0.15, 0.2) is 18.5 Å². The predicted octanol–water partition coefficient (Wildman–Crippen LogP) is 4.40. The highest BCUT2D eigenvalue weighted by atomic mass is 79.9. The molecule has 8 heteroatoms. The van der Waals surface area contributed by atoms with Gasteiger partial charge in [0.15, 0.2) is 5.82 Å². The van der Waals surface area contributed by atoms with Gasteiger partial charge in [0.05, 0.1) is 16.8 Å². The molecule has 2 heterocycles. The molecule has 2 aromatic rings. The molecule has 0 spiro atoms. The second kappa shape index (κ2) is 5.73. The van der Waals surface area contributed by atoms with E-state index in [0.29, 0.717) is 11.8 Å². The van der Waals surface area contributed by atoms with E-state index < -0.39 is 11.7 Å². The van der Waals surface area contributed by atoms with Crippen LogP contribution in [0.25, 0.3) is 5.82 Å². The number of alkyl halides is 4. The van der Waals surface area contributed by atoms with Crippen LogP contribution in [0.2, 0.25) is 5.02 Å². The van der Waals surface area contributed by atoms with Gasteiger partial charge in [-0.2, -0.15) is 18.3 Å². The molecule has 0 aromatic carbocycles. The number of pyridine rings is 1. The molecule has 0 N–H and O–H groups in total. The van der Waals surface area contributed by atoms with Crippen LogP contribution in [-0.2, 0) is 17.9 Å². The summed E-state index contributed by atoms with van der Waals surface area (Å²) in [6.07, 6.45) is -1.40. The van der Waals surface area contributed by atoms with Crippen LogP contribution in [0.5, 0.6) is 0 Å². The zero-order chi connectivity index (χ0) is 14.9. The summed E-state index contributed by atoms with van der Waals surface area (Å²) in [5, 5.41) is 4.66. The van der Waals surface area contributed by atoms with E-state index in [4.69, 9.17) is 11.6 Å². The standard InChI is InChI=1S/C12H10BrClF3N3/c1-2-10-7(4-13)5-19-20(10)11-9(14)3-8(6-18-11)12(15,16)17/h3,5-6H,2,4H2,1H3. The Morgan fingerprint density at radius 1 is 1.35 bits per heavy atom. The van der Waals surface area contributed by atoms with Gasteiger partial charge in [-0.15, -0.1) is 0 Å². The van der Waals surface area contributed by atoms with E-state index in [1.54, 1.807) is 6.20 Å². The van der Waals surface area contributed by atoms with E-state index in [1.807, 2.05) is 6.92 Å². The first-order valence-corrected chi connectivity index (χ1v) is 7.23. The number of hydrogen-bond acceptors (Lipinski definition) is 2. The first kappa shape index (κ1) is 15.3. The number of nitrogens with zero attached hydrogens (tertiary/aromatic N) is 3. The Kier molecular flexibility index (Phi) is 4.39. The molecule has 0 saturated heterocycles. The molecule has 2 aromatic heterocycles. The zero-order valence-corrected chi connectivity index (χ0v) is 12.7. The van der Waals surface area contributed by atoms with E-state index in [1.165, 1.54) is 4.68 Å². The maximum absolute atomic E-state index is 12.6.